The highest BCUT2D eigenvalue weighted by atomic mass is 32.1. The van der Waals surface area contributed by atoms with E-state index in [2.05, 4.69) is 29.3 Å². The van der Waals surface area contributed by atoms with Crippen LogP contribution in [0.5, 0.6) is 5.75 Å². The summed E-state index contributed by atoms with van der Waals surface area (Å²) in [5, 5.41) is 2.12. The van der Waals surface area contributed by atoms with Crippen molar-refractivity contribution in [1.29, 1.82) is 0 Å². The number of benzene rings is 2. The first kappa shape index (κ1) is 22.3. The van der Waals surface area contributed by atoms with Gasteiger partial charge in [0.1, 0.15) is 11.4 Å². The second-order valence-corrected chi connectivity index (χ2v) is 8.22. The summed E-state index contributed by atoms with van der Waals surface area (Å²) in [6, 6.07) is 11.7. The molecule has 1 aliphatic carbocycles. The van der Waals surface area contributed by atoms with Crippen LogP contribution in [0.1, 0.15) is 80.1 Å². The van der Waals surface area contributed by atoms with Crippen LogP contribution in [0.3, 0.4) is 0 Å². The van der Waals surface area contributed by atoms with Crippen LogP contribution >= 0.6 is 12.2 Å². The van der Waals surface area contributed by atoms with Crippen molar-refractivity contribution in [3.05, 3.63) is 59.4 Å². The summed E-state index contributed by atoms with van der Waals surface area (Å²) >= 11 is 4.48. The molecule has 0 radical (unpaired) electrons. The maximum Gasteiger partial charge on any atom is 0.343 e. The van der Waals surface area contributed by atoms with Gasteiger partial charge in [-0.15, -0.1) is 0 Å². The van der Waals surface area contributed by atoms with E-state index >= 15 is 0 Å². The third-order valence-electron chi connectivity index (χ3n) is 5.98. The summed E-state index contributed by atoms with van der Waals surface area (Å²) in [5.74, 6) is 0.459. The molecular formula is C25H28FNO2S. The Bertz CT molecular complexity index is 898. The number of hydrogen-bond acceptors (Lipinski definition) is 4. The zero-order chi connectivity index (χ0) is 21.3. The molecule has 30 heavy (non-hydrogen) atoms. The molecule has 0 N–H and O–H groups in total. The van der Waals surface area contributed by atoms with Gasteiger partial charge in [-0.2, -0.15) is 4.99 Å². The van der Waals surface area contributed by atoms with Crippen molar-refractivity contribution < 1.29 is 13.9 Å². The fourth-order valence-corrected chi connectivity index (χ4v) is 4.31. The van der Waals surface area contributed by atoms with Crippen LogP contribution < -0.4 is 4.74 Å². The molecule has 3 rings (SSSR count). The predicted molar refractivity (Wildman–Crippen MR) is 121 cm³/mol. The molecule has 0 atom stereocenters. The van der Waals surface area contributed by atoms with E-state index in [1.54, 1.807) is 12.1 Å². The number of hydrogen-bond donors (Lipinski definition) is 0. The minimum Gasteiger partial charge on any atom is -0.423 e. The average molecular weight is 426 g/mol. The van der Waals surface area contributed by atoms with Crippen LogP contribution in [-0.2, 0) is 0 Å². The molecule has 0 spiro atoms. The van der Waals surface area contributed by atoms with Gasteiger partial charge in [0.2, 0.25) is 0 Å². The molecule has 3 nitrogen and oxygen atoms in total. The maximum absolute atomic E-state index is 13.9. The molecule has 0 aliphatic heterocycles. The monoisotopic (exact) mass is 425 g/mol. The number of thiocarbonyl (C=S) groups is 1. The Balaban J connectivity index is 1.55. The van der Waals surface area contributed by atoms with Gasteiger partial charge in [0.25, 0.3) is 0 Å². The molecule has 2 aromatic carbocycles. The molecule has 1 saturated carbocycles. The molecule has 0 aromatic heterocycles. The maximum atomic E-state index is 13.9. The highest BCUT2D eigenvalue weighted by molar-refractivity contribution is 7.78. The predicted octanol–water partition coefficient (Wildman–Crippen LogP) is 7.63. The van der Waals surface area contributed by atoms with Crippen LogP contribution in [0.2, 0.25) is 0 Å². The summed E-state index contributed by atoms with van der Waals surface area (Å²) in [6.45, 7) is 2.25. The molecule has 158 valence electrons. The van der Waals surface area contributed by atoms with E-state index in [1.807, 2.05) is 12.1 Å². The Morgan fingerprint density at radius 1 is 1.13 bits per heavy atom. The Labute approximate surface area is 183 Å². The van der Waals surface area contributed by atoms with Gasteiger partial charge in [0.15, 0.2) is 5.82 Å². The van der Waals surface area contributed by atoms with Crippen molar-refractivity contribution >= 4 is 29.0 Å². The lowest BCUT2D eigenvalue weighted by Crippen LogP contribution is -2.14. The van der Waals surface area contributed by atoms with Gasteiger partial charge in [0, 0.05) is 6.07 Å². The quantitative estimate of drug-likeness (QED) is 0.143. The second kappa shape index (κ2) is 11.1. The topological polar surface area (TPSA) is 38.7 Å². The molecule has 0 saturated heterocycles. The minimum atomic E-state index is -0.613. The van der Waals surface area contributed by atoms with Crippen LogP contribution in [-0.4, -0.2) is 11.1 Å². The van der Waals surface area contributed by atoms with Gasteiger partial charge < -0.3 is 4.74 Å². The van der Waals surface area contributed by atoms with Crippen molar-refractivity contribution in [2.75, 3.05) is 0 Å². The van der Waals surface area contributed by atoms with E-state index < -0.39 is 11.8 Å². The Kier molecular flexibility index (Phi) is 8.30. The number of unbranched alkanes of at least 4 members (excludes halogenated alkanes) is 2. The molecule has 2 aromatic rings. The van der Waals surface area contributed by atoms with Gasteiger partial charge in [-0.1, -0.05) is 44.7 Å². The third kappa shape index (κ3) is 6.07. The normalized spacial score (nSPS) is 18.5. The number of halogens is 1. The Morgan fingerprint density at radius 2 is 1.87 bits per heavy atom. The van der Waals surface area contributed by atoms with Crippen LogP contribution in [0.4, 0.5) is 10.1 Å². The molecular weight excluding hydrogens is 397 g/mol. The lowest BCUT2D eigenvalue weighted by atomic mass is 9.77. The van der Waals surface area contributed by atoms with Crippen molar-refractivity contribution in [2.24, 2.45) is 10.9 Å². The number of isothiocyanates is 1. The SMILES string of the molecule is CCCCCC1CCC(c2ccc(C(=O)Oc3ccc(N=C=S)c(F)c3)cc2)CC1. The third-order valence-corrected chi connectivity index (χ3v) is 6.07. The lowest BCUT2D eigenvalue weighted by Gasteiger charge is -2.29. The first-order chi connectivity index (χ1) is 14.6. The van der Waals surface area contributed by atoms with Gasteiger partial charge >= 0.3 is 5.97 Å². The summed E-state index contributed by atoms with van der Waals surface area (Å²) < 4.78 is 19.2. The van der Waals surface area contributed by atoms with Gasteiger partial charge in [-0.3, -0.25) is 0 Å². The zero-order valence-corrected chi connectivity index (χ0v) is 18.2. The number of nitrogens with zero attached hydrogens (tertiary/aromatic N) is 1. The van der Waals surface area contributed by atoms with Crippen molar-refractivity contribution in [2.45, 2.75) is 64.2 Å². The number of rotatable bonds is 8. The lowest BCUT2D eigenvalue weighted by molar-refractivity contribution is 0.0734. The van der Waals surface area contributed by atoms with E-state index in [0.29, 0.717) is 11.5 Å². The molecule has 0 bridgehead atoms. The molecule has 1 fully saturated rings. The fourth-order valence-electron chi connectivity index (χ4n) is 4.22. The van der Waals surface area contributed by atoms with Crippen LogP contribution in [0.25, 0.3) is 0 Å². The molecule has 0 heterocycles. The Hall–Kier alpha value is -2.36. The number of aliphatic imine (C=N–C) groups is 1. The number of carbonyl (C=O) groups is 1. The van der Waals surface area contributed by atoms with E-state index in [1.165, 1.54) is 69.1 Å². The highest BCUT2D eigenvalue weighted by Gasteiger charge is 2.22. The largest absolute Gasteiger partial charge is 0.423 e. The van der Waals surface area contributed by atoms with Gasteiger partial charge in [0.05, 0.1) is 10.7 Å². The molecule has 5 heteroatoms. The van der Waals surface area contributed by atoms with Crippen molar-refractivity contribution in [1.82, 2.24) is 0 Å². The summed E-state index contributed by atoms with van der Waals surface area (Å²) in [6.07, 6.45) is 10.4. The van der Waals surface area contributed by atoms with E-state index in [-0.39, 0.29) is 11.4 Å². The minimum absolute atomic E-state index is 0.0641. The Morgan fingerprint density at radius 3 is 2.50 bits per heavy atom. The van der Waals surface area contributed by atoms with Crippen molar-refractivity contribution in [3.63, 3.8) is 0 Å². The standard InChI is InChI=1S/C25H28FNO2S/c1-2-3-4-5-18-6-8-19(9-7-18)20-10-12-21(13-11-20)25(28)29-22-14-15-24(27-17-30)23(26)16-22/h10-16,18-19H,2-9H2,1H3. The zero-order valence-electron chi connectivity index (χ0n) is 17.4. The number of ether oxygens (including phenoxy) is 1. The van der Waals surface area contributed by atoms with E-state index in [9.17, 15) is 9.18 Å². The van der Waals surface area contributed by atoms with E-state index in [0.717, 1.165) is 12.0 Å². The highest BCUT2D eigenvalue weighted by Crippen LogP contribution is 2.37. The molecule has 1 aliphatic rings. The van der Waals surface area contributed by atoms with Gasteiger partial charge in [-0.25, -0.2) is 9.18 Å². The second-order valence-electron chi connectivity index (χ2n) is 8.04. The summed E-state index contributed by atoms with van der Waals surface area (Å²) in [4.78, 5) is 16.0. The molecule has 0 unspecified atom stereocenters. The molecule has 0 amide bonds. The van der Waals surface area contributed by atoms with Crippen LogP contribution in [0.15, 0.2) is 47.5 Å². The first-order valence-corrected chi connectivity index (χ1v) is 11.2. The number of esters is 1. The van der Waals surface area contributed by atoms with E-state index in [4.69, 9.17) is 4.74 Å². The average Bonchev–Trinajstić information content (AvgIpc) is 2.76. The fraction of sp³-hybridized carbons (Fsp3) is 0.440. The van der Waals surface area contributed by atoms with Crippen LogP contribution in [0, 0.1) is 11.7 Å². The smallest absolute Gasteiger partial charge is 0.343 e. The summed E-state index contributed by atoms with van der Waals surface area (Å²) in [5.41, 5.74) is 1.80. The summed E-state index contributed by atoms with van der Waals surface area (Å²) in [7, 11) is 0. The van der Waals surface area contributed by atoms with Crippen molar-refractivity contribution in [3.8, 4) is 5.75 Å². The van der Waals surface area contributed by atoms with Gasteiger partial charge in [-0.05, 0) is 79.6 Å². The first-order valence-electron chi connectivity index (χ1n) is 10.8. The number of carbonyl (C=O) groups excluding carboxylic acids is 1.